The molecular formula is C29H36N4O4. The summed E-state index contributed by atoms with van der Waals surface area (Å²) in [7, 11) is 3.22. The lowest BCUT2D eigenvalue weighted by Crippen LogP contribution is -2.55. The van der Waals surface area contributed by atoms with Crippen molar-refractivity contribution in [1.29, 1.82) is 10.5 Å². The van der Waals surface area contributed by atoms with Crippen molar-refractivity contribution < 1.29 is 19.3 Å². The molecule has 2 bridgehead atoms. The van der Waals surface area contributed by atoms with Crippen LogP contribution in [-0.4, -0.2) is 73.5 Å². The number of aliphatic hydroxyl groups excluding tert-OH is 1. The van der Waals surface area contributed by atoms with Crippen molar-refractivity contribution in [2.45, 2.75) is 56.4 Å². The van der Waals surface area contributed by atoms with Gasteiger partial charge in [0, 0.05) is 37.8 Å². The number of fused-ring (bicyclic) bond motifs is 2. The fourth-order valence-corrected chi connectivity index (χ4v) is 5.64. The highest BCUT2D eigenvalue weighted by molar-refractivity contribution is 5.45. The fourth-order valence-electron chi connectivity index (χ4n) is 5.64. The smallest absolute Gasteiger partial charge is 0.164 e. The first kappa shape index (κ1) is 26.8. The Labute approximate surface area is 219 Å². The van der Waals surface area contributed by atoms with Crippen LogP contribution in [0.25, 0.3) is 0 Å². The average Bonchev–Trinajstić information content (AvgIpc) is 3.15. The Morgan fingerprint density at radius 1 is 1.00 bits per heavy atom. The average molecular weight is 505 g/mol. The van der Waals surface area contributed by atoms with Gasteiger partial charge in [-0.15, -0.1) is 0 Å². The minimum atomic E-state index is -0.571. The molecule has 4 atom stereocenters. The summed E-state index contributed by atoms with van der Waals surface area (Å²) >= 11 is 0. The van der Waals surface area contributed by atoms with Gasteiger partial charge in [0.05, 0.1) is 44.4 Å². The Hall–Kier alpha value is -3.30. The summed E-state index contributed by atoms with van der Waals surface area (Å²) in [6, 6.07) is 18.4. The van der Waals surface area contributed by atoms with E-state index in [0.29, 0.717) is 41.4 Å². The van der Waals surface area contributed by atoms with E-state index in [-0.39, 0.29) is 12.5 Å². The molecule has 8 nitrogen and oxygen atoms in total. The van der Waals surface area contributed by atoms with Crippen LogP contribution in [0.2, 0.25) is 0 Å². The maximum Gasteiger partial charge on any atom is 0.164 e. The minimum absolute atomic E-state index is 0.161. The van der Waals surface area contributed by atoms with Crippen LogP contribution in [0.15, 0.2) is 42.5 Å². The summed E-state index contributed by atoms with van der Waals surface area (Å²) in [5.41, 5.74) is 1.66. The molecule has 0 amide bonds. The first-order valence-corrected chi connectivity index (χ1v) is 13.0. The van der Waals surface area contributed by atoms with E-state index in [9.17, 15) is 10.4 Å². The molecule has 4 rings (SSSR count). The predicted octanol–water partition coefficient (Wildman–Crippen LogP) is 3.90. The molecule has 2 saturated heterocycles. The van der Waals surface area contributed by atoms with Crippen molar-refractivity contribution in [3.63, 3.8) is 0 Å². The van der Waals surface area contributed by atoms with Crippen LogP contribution in [0.1, 0.15) is 49.3 Å². The minimum Gasteiger partial charge on any atom is -0.493 e. The zero-order chi connectivity index (χ0) is 26.2. The van der Waals surface area contributed by atoms with Gasteiger partial charge in [-0.05, 0) is 62.1 Å². The molecule has 0 aliphatic carbocycles. The van der Waals surface area contributed by atoms with Gasteiger partial charge in [0.1, 0.15) is 11.9 Å². The number of methoxy groups -OCH3 is 2. The van der Waals surface area contributed by atoms with Gasteiger partial charge < -0.3 is 19.3 Å². The molecule has 1 N–H and O–H groups in total. The van der Waals surface area contributed by atoms with Crippen molar-refractivity contribution in [2.24, 2.45) is 0 Å². The van der Waals surface area contributed by atoms with E-state index in [4.69, 9.17) is 19.5 Å². The number of hydrogen-bond acceptors (Lipinski definition) is 8. The van der Waals surface area contributed by atoms with Gasteiger partial charge in [-0.3, -0.25) is 9.80 Å². The van der Waals surface area contributed by atoms with Crippen LogP contribution in [0, 0.1) is 22.7 Å². The van der Waals surface area contributed by atoms with Crippen LogP contribution in [0.3, 0.4) is 0 Å². The lowest BCUT2D eigenvalue weighted by atomic mass is 10.0. The predicted molar refractivity (Wildman–Crippen MR) is 139 cm³/mol. The Morgan fingerprint density at radius 3 is 2.32 bits per heavy atom. The summed E-state index contributed by atoms with van der Waals surface area (Å²) in [4.78, 5) is 4.94. The normalized spacial score (nSPS) is 21.0. The highest BCUT2D eigenvalue weighted by Gasteiger charge is 2.39. The maximum atomic E-state index is 10.1. The summed E-state index contributed by atoms with van der Waals surface area (Å²) in [6.07, 6.45) is 3.62. The number of piperazine rings is 1. The van der Waals surface area contributed by atoms with Gasteiger partial charge in [-0.1, -0.05) is 12.1 Å². The highest BCUT2D eigenvalue weighted by atomic mass is 16.5. The number of nitriles is 2. The van der Waals surface area contributed by atoms with Gasteiger partial charge >= 0.3 is 0 Å². The molecular weight excluding hydrogens is 468 g/mol. The molecule has 0 spiro atoms. The summed E-state index contributed by atoms with van der Waals surface area (Å²) in [5.74, 6) is 1.98. The first-order valence-electron chi connectivity index (χ1n) is 13.0. The number of ether oxygens (including phenoxy) is 3. The van der Waals surface area contributed by atoms with Crippen molar-refractivity contribution in [3.05, 3.63) is 53.6 Å². The molecule has 0 saturated carbocycles. The topological polar surface area (TPSA) is 102 Å². The van der Waals surface area contributed by atoms with Gasteiger partial charge in [0.15, 0.2) is 11.5 Å². The van der Waals surface area contributed by atoms with E-state index >= 15 is 0 Å². The Morgan fingerprint density at radius 2 is 1.70 bits per heavy atom. The third kappa shape index (κ3) is 6.72. The molecule has 37 heavy (non-hydrogen) atoms. The number of nitrogens with zero attached hydrogens (tertiary/aromatic N) is 4. The van der Waals surface area contributed by atoms with Gasteiger partial charge in [-0.25, -0.2) is 0 Å². The molecule has 3 unspecified atom stereocenters. The summed E-state index contributed by atoms with van der Waals surface area (Å²) in [5, 5.41) is 28.1. The Kier molecular flexibility index (Phi) is 9.24. The lowest BCUT2D eigenvalue weighted by Gasteiger charge is -2.41. The maximum absolute atomic E-state index is 10.1. The highest BCUT2D eigenvalue weighted by Crippen LogP contribution is 2.35. The second-order valence-corrected chi connectivity index (χ2v) is 9.86. The first-order chi connectivity index (χ1) is 18.0. The van der Waals surface area contributed by atoms with Crippen LogP contribution >= 0.6 is 0 Å². The molecule has 2 aliphatic rings. The van der Waals surface area contributed by atoms with E-state index in [1.807, 2.05) is 42.5 Å². The number of benzene rings is 2. The van der Waals surface area contributed by atoms with Crippen molar-refractivity contribution in [2.75, 3.05) is 40.4 Å². The SMILES string of the molecule is COc1ccc(OC(CCCN2C3CCC2CN(C[C@@H](O)CC#N)C3)c2ccc(C#N)cc2)cc1OC. The van der Waals surface area contributed by atoms with Gasteiger partial charge in [0.2, 0.25) is 0 Å². The molecule has 2 aromatic rings. The number of aliphatic hydroxyl groups is 1. The summed E-state index contributed by atoms with van der Waals surface area (Å²) < 4.78 is 17.3. The number of rotatable bonds is 12. The second-order valence-electron chi connectivity index (χ2n) is 9.86. The number of β-amino-alcohol motifs (C(OH)–C–C–N with tert-alkyl or cyclic N) is 1. The molecule has 196 valence electrons. The molecule has 2 aliphatic heterocycles. The number of hydrogen-bond donors (Lipinski definition) is 1. The second kappa shape index (κ2) is 12.8. The quantitative estimate of drug-likeness (QED) is 0.464. The molecule has 0 radical (unpaired) electrons. The molecule has 8 heteroatoms. The third-order valence-electron chi connectivity index (χ3n) is 7.43. The standard InChI is InChI=1S/C29H36N4O4/c1-35-28-12-11-26(16-29(28)36-2)37-27(22-7-5-21(17-31)6-8-22)4-3-15-33-23-9-10-24(33)19-32(18-23)20-25(34)13-14-30/h5-8,11-12,16,23-25,27,34H,3-4,9-10,13,15,18-20H2,1-2H3/t23?,24?,25-,27?/m0/s1. The summed E-state index contributed by atoms with van der Waals surface area (Å²) in [6.45, 7) is 3.46. The van der Waals surface area contributed by atoms with Crippen molar-refractivity contribution in [3.8, 4) is 29.4 Å². The zero-order valence-corrected chi connectivity index (χ0v) is 21.7. The Bertz CT molecular complexity index is 1100. The van der Waals surface area contributed by atoms with Crippen molar-refractivity contribution >= 4 is 0 Å². The van der Waals surface area contributed by atoms with E-state index in [2.05, 4.69) is 21.9 Å². The lowest BCUT2D eigenvalue weighted by molar-refractivity contribution is 0.0333. The van der Waals surface area contributed by atoms with Crippen LogP contribution in [0.5, 0.6) is 17.2 Å². The van der Waals surface area contributed by atoms with E-state index in [1.54, 1.807) is 14.2 Å². The molecule has 2 fully saturated rings. The zero-order valence-electron chi connectivity index (χ0n) is 21.7. The van der Waals surface area contributed by atoms with Crippen molar-refractivity contribution in [1.82, 2.24) is 9.80 Å². The molecule has 2 aromatic carbocycles. The third-order valence-corrected chi connectivity index (χ3v) is 7.43. The fraction of sp³-hybridized carbons (Fsp3) is 0.517. The molecule has 2 heterocycles. The van der Waals surface area contributed by atoms with Crippen LogP contribution < -0.4 is 14.2 Å². The van der Waals surface area contributed by atoms with Gasteiger partial charge in [-0.2, -0.15) is 10.5 Å². The molecule has 0 aromatic heterocycles. The Balaban J connectivity index is 1.40. The van der Waals surface area contributed by atoms with E-state index < -0.39 is 6.10 Å². The monoisotopic (exact) mass is 504 g/mol. The largest absolute Gasteiger partial charge is 0.493 e. The van der Waals surface area contributed by atoms with Gasteiger partial charge in [0.25, 0.3) is 0 Å². The van der Waals surface area contributed by atoms with Crippen LogP contribution in [-0.2, 0) is 0 Å². The van der Waals surface area contributed by atoms with Crippen LogP contribution in [0.4, 0.5) is 0 Å². The number of likely N-dealkylation sites (tertiary alicyclic amines) is 1. The van der Waals surface area contributed by atoms with E-state index in [0.717, 1.165) is 38.0 Å². The van der Waals surface area contributed by atoms with E-state index in [1.165, 1.54) is 12.8 Å².